The van der Waals surface area contributed by atoms with E-state index in [2.05, 4.69) is 0 Å². The summed E-state index contributed by atoms with van der Waals surface area (Å²) >= 11 is 0. The highest BCUT2D eigenvalue weighted by Crippen LogP contribution is 2.34. The van der Waals surface area contributed by atoms with Crippen molar-refractivity contribution < 1.29 is 22.7 Å². The summed E-state index contributed by atoms with van der Waals surface area (Å²) in [6, 6.07) is 4.97. The van der Waals surface area contributed by atoms with Crippen LogP contribution in [-0.4, -0.2) is 49.7 Å². The maximum atomic E-state index is 13.9. The first-order chi connectivity index (χ1) is 10.5. The van der Waals surface area contributed by atoms with E-state index in [-0.39, 0.29) is 30.6 Å². The van der Waals surface area contributed by atoms with Gasteiger partial charge in [-0.1, -0.05) is 18.6 Å². The molecule has 5 nitrogen and oxygen atoms in total. The first kappa shape index (κ1) is 15.9. The van der Waals surface area contributed by atoms with Crippen molar-refractivity contribution in [1.82, 2.24) is 4.31 Å². The van der Waals surface area contributed by atoms with Gasteiger partial charge < -0.3 is 9.84 Å². The van der Waals surface area contributed by atoms with Crippen molar-refractivity contribution >= 4 is 10.0 Å². The summed E-state index contributed by atoms with van der Waals surface area (Å²) < 4.78 is 46.3. The summed E-state index contributed by atoms with van der Waals surface area (Å²) in [5.74, 6) is -0.901. The molecule has 3 rings (SSSR count). The number of halogens is 1. The summed E-state index contributed by atoms with van der Waals surface area (Å²) in [6.07, 6.45) is 1.79. The fraction of sp³-hybridized carbons (Fsp3) is 0.600. The van der Waals surface area contributed by atoms with E-state index in [1.54, 1.807) is 0 Å². The van der Waals surface area contributed by atoms with Gasteiger partial charge in [-0.05, 0) is 25.0 Å². The molecule has 0 unspecified atom stereocenters. The molecule has 1 N–H and O–H groups in total. The standard InChI is InChI=1S/C15H20FNO4S/c16-12-5-1-2-7-15(12)22(19,20)17-8-9-21-10-13(17)11-4-3-6-14(11)18/h1-2,5,7,11,13-14,18H,3-4,6,8-10H2/t11-,13-,14-/m1/s1. The van der Waals surface area contributed by atoms with Gasteiger partial charge in [-0.15, -0.1) is 0 Å². The molecule has 1 saturated carbocycles. The highest BCUT2D eigenvalue weighted by molar-refractivity contribution is 7.89. The zero-order valence-electron chi connectivity index (χ0n) is 12.2. The average Bonchev–Trinajstić information content (AvgIpc) is 2.93. The second-order valence-electron chi connectivity index (χ2n) is 5.85. The molecule has 1 aliphatic heterocycles. The number of sulfonamides is 1. The van der Waals surface area contributed by atoms with Gasteiger partial charge in [0.15, 0.2) is 0 Å². The lowest BCUT2D eigenvalue weighted by molar-refractivity contribution is -0.0148. The van der Waals surface area contributed by atoms with E-state index in [0.29, 0.717) is 6.42 Å². The first-order valence-electron chi connectivity index (χ1n) is 7.54. The van der Waals surface area contributed by atoms with Gasteiger partial charge in [-0.2, -0.15) is 4.31 Å². The van der Waals surface area contributed by atoms with Crippen LogP contribution in [0.1, 0.15) is 19.3 Å². The smallest absolute Gasteiger partial charge is 0.246 e. The van der Waals surface area contributed by atoms with Gasteiger partial charge in [0.2, 0.25) is 10.0 Å². The van der Waals surface area contributed by atoms with Gasteiger partial charge in [-0.25, -0.2) is 12.8 Å². The van der Waals surface area contributed by atoms with Crippen LogP contribution < -0.4 is 0 Å². The van der Waals surface area contributed by atoms with Crippen molar-refractivity contribution in [2.24, 2.45) is 5.92 Å². The zero-order valence-corrected chi connectivity index (χ0v) is 13.0. The molecule has 22 heavy (non-hydrogen) atoms. The van der Waals surface area contributed by atoms with Crippen LogP contribution in [0, 0.1) is 11.7 Å². The molecule has 0 radical (unpaired) electrons. The molecule has 2 fully saturated rings. The van der Waals surface area contributed by atoms with E-state index in [0.717, 1.165) is 18.9 Å². The van der Waals surface area contributed by atoms with Crippen LogP contribution in [0.4, 0.5) is 4.39 Å². The third-order valence-corrected chi connectivity index (χ3v) is 6.52. The summed E-state index contributed by atoms with van der Waals surface area (Å²) in [4.78, 5) is -0.311. The van der Waals surface area contributed by atoms with Crippen LogP contribution in [0.5, 0.6) is 0 Å². The molecule has 0 aromatic heterocycles. The predicted molar refractivity (Wildman–Crippen MR) is 78.2 cm³/mol. The molecular weight excluding hydrogens is 309 g/mol. The van der Waals surface area contributed by atoms with Crippen LogP contribution in [0.2, 0.25) is 0 Å². The molecule has 7 heteroatoms. The lowest BCUT2D eigenvalue weighted by Crippen LogP contribution is -2.53. The Balaban J connectivity index is 1.95. The lowest BCUT2D eigenvalue weighted by Gasteiger charge is -2.39. The van der Waals surface area contributed by atoms with Gasteiger partial charge in [0, 0.05) is 12.5 Å². The van der Waals surface area contributed by atoms with Gasteiger partial charge >= 0.3 is 0 Å². The minimum absolute atomic E-state index is 0.151. The summed E-state index contributed by atoms with van der Waals surface area (Å²) in [5.41, 5.74) is 0. The number of morpholine rings is 1. The minimum atomic E-state index is -3.94. The summed E-state index contributed by atoms with van der Waals surface area (Å²) in [5, 5.41) is 10.1. The van der Waals surface area contributed by atoms with E-state index in [9.17, 15) is 17.9 Å². The maximum Gasteiger partial charge on any atom is 0.246 e. The Kier molecular flexibility index (Phi) is 4.49. The van der Waals surface area contributed by atoms with Crippen molar-refractivity contribution in [3.63, 3.8) is 0 Å². The topological polar surface area (TPSA) is 66.8 Å². The Morgan fingerprint density at radius 1 is 1.27 bits per heavy atom. The molecule has 1 heterocycles. The van der Waals surface area contributed by atoms with E-state index in [1.807, 2.05) is 0 Å². The van der Waals surface area contributed by atoms with Gasteiger partial charge in [0.1, 0.15) is 10.7 Å². The third kappa shape index (κ3) is 2.78. The molecular formula is C15H20FNO4S. The number of nitrogens with zero attached hydrogens (tertiary/aromatic N) is 1. The molecule has 122 valence electrons. The van der Waals surface area contributed by atoms with Crippen molar-refractivity contribution in [1.29, 1.82) is 0 Å². The average molecular weight is 329 g/mol. The molecule has 1 aliphatic carbocycles. The Morgan fingerprint density at radius 2 is 2.05 bits per heavy atom. The van der Waals surface area contributed by atoms with Gasteiger partial charge in [-0.3, -0.25) is 0 Å². The Labute approximate surface area is 129 Å². The molecule has 1 aromatic carbocycles. The predicted octanol–water partition coefficient (Wildman–Crippen LogP) is 1.38. The number of aliphatic hydroxyl groups excluding tert-OH is 1. The van der Waals surface area contributed by atoms with Crippen molar-refractivity contribution in [3.8, 4) is 0 Å². The molecule has 2 aliphatic rings. The number of hydrogen-bond acceptors (Lipinski definition) is 4. The normalized spacial score (nSPS) is 30.5. The van der Waals surface area contributed by atoms with Crippen LogP contribution >= 0.6 is 0 Å². The number of benzene rings is 1. The number of ether oxygens (including phenoxy) is 1. The maximum absolute atomic E-state index is 13.9. The van der Waals surface area contributed by atoms with Crippen molar-refractivity contribution in [3.05, 3.63) is 30.1 Å². The van der Waals surface area contributed by atoms with Gasteiger partial charge in [0.05, 0.1) is 25.4 Å². The fourth-order valence-corrected chi connectivity index (χ4v) is 5.15. The third-order valence-electron chi connectivity index (χ3n) is 4.56. The Hall–Kier alpha value is -1.02. The lowest BCUT2D eigenvalue weighted by atomic mass is 9.96. The minimum Gasteiger partial charge on any atom is -0.393 e. The van der Waals surface area contributed by atoms with Crippen LogP contribution in [0.3, 0.4) is 0 Å². The van der Waals surface area contributed by atoms with E-state index in [1.165, 1.54) is 22.5 Å². The monoisotopic (exact) mass is 329 g/mol. The highest BCUT2D eigenvalue weighted by Gasteiger charge is 2.43. The fourth-order valence-electron chi connectivity index (χ4n) is 3.44. The van der Waals surface area contributed by atoms with Gasteiger partial charge in [0.25, 0.3) is 0 Å². The summed E-state index contributed by atoms with van der Waals surface area (Å²) in [6.45, 7) is 0.715. The van der Waals surface area contributed by atoms with Crippen molar-refractivity contribution in [2.45, 2.75) is 36.3 Å². The Morgan fingerprint density at radius 3 is 2.73 bits per heavy atom. The van der Waals surface area contributed by atoms with E-state index >= 15 is 0 Å². The molecule has 0 spiro atoms. The van der Waals surface area contributed by atoms with Crippen LogP contribution in [0.25, 0.3) is 0 Å². The summed E-state index contributed by atoms with van der Waals surface area (Å²) in [7, 11) is -3.94. The van der Waals surface area contributed by atoms with Crippen LogP contribution in [0.15, 0.2) is 29.2 Å². The second-order valence-corrected chi connectivity index (χ2v) is 7.71. The Bertz CT molecular complexity index is 636. The SMILES string of the molecule is O=S(=O)(c1ccccc1F)N1CCOC[C@@H]1[C@H]1CCC[C@H]1O. The first-order valence-corrected chi connectivity index (χ1v) is 8.98. The molecule has 0 amide bonds. The van der Waals surface area contributed by atoms with Crippen LogP contribution in [-0.2, 0) is 14.8 Å². The number of rotatable bonds is 3. The van der Waals surface area contributed by atoms with Crippen molar-refractivity contribution in [2.75, 3.05) is 19.8 Å². The van der Waals surface area contributed by atoms with E-state index < -0.39 is 28.0 Å². The molecule has 1 saturated heterocycles. The van der Waals surface area contributed by atoms with E-state index in [4.69, 9.17) is 4.74 Å². The molecule has 3 atom stereocenters. The zero-order chi connectivity index (χ0) is 15.7. The quantitative estimate of drug-likeness (QED) is 0.910. The molecule has 0 bridgehead atoms. The number of aliphatic hydroxyl groups is 1. The largest absolute Gasteiger partial charge is 0.393 e. The second kappa shape index (κ2) is 6.23. The highest BCUT2D eigenvalue weighted by atomic mass is 32.2. The number of hydrogen-bond donors (Lipinski definition) is 1. The molecule has 1 aromatic rings.